The molecule has 0 aromatic heterocycles. The fraction of sp³-hybridized carbons (Fsp3) is 0.533. The number of benzene rings is 1. The summed E-state index contributed by atoms with van der Waals surface area (Å²) in [6.07, 6.45) is 2.88. The monoisotopic (exact) mass is 259 g/mol. The number of anilines is 1. The lowest BCUT2D eigenvalue weighted by atomic mass is 10.1. The fourth-order valence-electron chi connectivity index (χ4n) is 2.31. The van der Waals surface area contributed by atoms with Gasteiger partial charge in [0.1, 0.15) is 5.75 Å². The minimum Gasteiger partial charge on any atom is -0.508 e. The molecule has 0 bridgehead atoms. The van der Waals surface area contributed by atoms with Crippen molar-refractivity contribution in [3.05, 3.63) is 23.8 Å². The first-order valence-corrected chi connectivity index (χ1v) is 6.81. The number of nitrogens with zero attached hydrogens (tertiary/aromatic N) is 2. The topological polar surface area (TPSA) is 59.3 Å². The molecule has 0 radical (unpaired) electrons. The van der Waals surface area contributed by atoms with Gasteiger partial charge in [0.05, 0.1) is 12.5 Å². The molecule has 0 aliphatic heterocycles. The minimum absolute atomic E-state index is 0.127. The van der Waals surface area contributed by atoms with E-state index in [1.807, 2.05) is 32.2 Å². The number of nitriles is 1. The number of hydrogen-bond acceptors (Lipinski definition) is 4. The predicted molar refractivity (Wildman–Crippen MR) is 76.2 cm³/mol. The largest absolute Gasteiger partial charge is 0.508 e. The number of phenolic OH excluding ortho intramolecular Hbond substituents is 1. The first-order valence-electron chi connectivity index (χ1n) is 6.81. The first-order chi connectivity index (χ1) is 9.17. The van der Waals surface area contributed by atoms with Crippen molar-refractivity contribution in [3.8, 4) is 11.8 Å². The summed E-state index contributed by atoms with van der Waals surface area (Å²) in [5.41, 5.74) is 1.92. The van der Waals surface area contributed by atoms with Gasteiger partial charge in [0, 0.05) is 35.9 Å². The molecule has 0 saturated heterocycles. The van der Waals surface area contributed by atoms with Crippen LogP contribution >= 0.6 is 0 Å². The number of hydrogen-bond donors (Lipinski definition) is 2. The van der Waals surface area contributed by atoms with Gasteiger partial charge in [-0.1, -0.05) is 6.07 Å². The normalized spacial score (nSPS) is 15.8. The van der Waals surface area contributed by atoms with E-state index in [-0.39, 0.29) is 6.04 Å². The standard InChI is InChI=1S/C15H21N3O/c1-11(17-2)14-7-6-13(10-15(14)19)18(9-3-8-16)12-4-5-12/h6-7,10-12,17,19H,3-5,9H2,1-2H3. The molecule has 4 nitrogen and oxygen atoms in total. The molecule has 2 rings (SSSR count). The lowest BCUT2D eigenvalue weighted by Gasteiger charge is -2.24. The summed E-state index contributed by atoms with van der Waals surface area (Å²) >= 11 is 0. The molecule has 1 aromatic rings. The Kier molecular flexibility index (Phi) is 4.28. The van der Waals surface area contributed by atoms with E-state index in [4.69, 9.17) is 5.26 Å². The van der Waals surface area contributed by atoms with Crippen LogP contribution in [0.3, 0.4) is 0 Å². The van der Waals surface area contributed by atoms with E-state index in [9.17, 15) is 5.11 Å². The zero-order valence-corrected chi connectivity index (χ0v) is 11.6. The molecular formula is C15H21N3O. The van der Waals surface area contributed by atoms with E-state index >= 15 is 0 Å². The average molecular weight is 259 g/mol. The molecular weight excluding hydrogens is 238 g/mol. The molecule has 102 valence electrons. The molecule has 1 unspecified atom stereocenters. The summed E-state index contributed by atoms with van der Waals surface area (Å²) in [5.74, 6) is 0.321. The molecule has 4 heteroatoms. The molecule has 1 atom stereocenters. The Balaban J connectivity index is 2.19. The molecule has 0 heterocycles. The Morgan fingerprint density at radius 2 is 2.26 bits per heavy atom. The number of aromatic hydroxyl groups is 1. The summed E-state index contributed by atoms with van der Waals surface area (Å²) in [6.45, 7) is 2.75. The zero-order valence-electron chi connectivity index (χ0n) is 11.6. The number of nitrogens with one attached hydrogen (secondary N) is 1. The minimum atomic E-state index is 0.127. The summed E-state index contributed by atoms with van der Waals surface area (Å²) in [4.78, 5) is 2.23. The first kappa shape index (κ1) is 13.7. The summed E-state index contributed by atoms with van der Waals surface area (Å²) < 4.78 is 0. The van der Waals surface area contributed by atoms with Crippen LogP contribution in [0.15, 0.2) is 18.2 Å². The second-order valence-electron chi connectivity index (χ2n) is 5.09. The van der Waals surface area contributed by atoms with Crippen LogP contribution in [0, 0.1) is 11.3 Å². The third-order valence-electron chi connectivity index (χ3n) is 3.70. The van der Waals surface area contributed by atoms with Crippen LogP contribution < -0.4 is 10.2 Å². The molecule has 2 N–H and O–H groups in total. The third-order valence-corrected chi connectivity index (χ3v) is 3.70. The third kappa shape index (κ3) is 3.18. The molecule has 1 aliphatic rings. The van der Waals surface area contributed by atoms with Gasteiger partial charge in [-0.25, -0.2) is 0 Å². The highest BCUT2D eigenvalue weighted by Crippen LogP contribution is 2.35. The predicted octanol–water partition coefficient (Wildman–Crippen LogP) is 2.56. The van der Waals surface area contributed by atoms with Gasteiger partial charge in [-0.2, -0.15) is 5.26 Å². The maximum Gasteiger partial charge on any atom is 0.122 e. The van der Waals surface area contributed by atoms with Gasteiger partial charge < -0.3 is 15.3 Å². The number of phenols is 1. The second kappa shape index (κ2) is 5.94. The van der Waals surface area contributed by atoms with Crippen molar-refractivity contribution in [2.75, 3.05) is 18.5 Å². The van der Waals surface area contributed by atoms with E-state index < -0.39 is 0 Å². The van der Waals surface area contributed by atoms with Crippen LogP contribution in [-0.2, 0) is 0 Å². The van der Waals surface area contributed by atoms with E-state index in [0.717, 1.165) is 17.8 Å². The van der Waals surface area contributed by atoms with E-state index in [2.05, 4.69) is 16.3 Å². The Bertz CT molecular complexity index is 477. The van der Waals surface area contributed by atoms with E-state index in [1.54, 1.807) is 0 Å². The van der Waals surface area contributed by atoms with Crippen molar-refractivity contribution in [1.82, 2.24) is 5.32 Å². The maximum absolute atomic E-state index is 10.1. The smallest absolute Gasteiger partial charge is 0.122 e. The van der Waals surface area contributed by atoms with Crippen molar-refractivity contribution >= 4 is 5.69 Å². The van der Waals surface area contributed by atoms with Crippen molar-refractivity contribution in [2.45, 2.75) is 38.3 Å². The van der Waals surface area contributed by atoms with Gasteiger partial charge >= 0.3 is 0 Å². The van der Waals surface area contributed by atoms with Gasteiger partial charge in [-0.05, 0) is 32.9 Å². The molecule has 19 heavy (non-hydrogen) atoms. The summed E-state index contributed by atoms with van der Waals surface area (Å²) in [5, 5.41) is 22.0. The van der Waals surface area contributed by atoms with Crippen LogP contribution in [-0.4, -0.2) is 24.7 Å². The van der Waals surface area contributed by atoms with Crippen LogP contribution in [0.5, 0.6) is 5.75 Å². The van der Waals surface area contributed by atoms with Crippen LogP contribution in [0.2, 0.25) is 0 Å². The van der Waals surface area contributed by atoms with Gasteiger partial charge in [-0.15, -0.1) is 0 Å². The van der Waals surface area contributed by atoms with Crippen molar-refractivity contribution in [2.24, 2.45) is 0 Å². The Morgan fingerprint density at radius 1 is 1.53 bits per heavy atom. The molecule has 1 aliphatic carbocycles. The maximum atomic E-state index is 10.1. The second-order valence-corrected chi connectivity index (χ2v) is 5.09. The van der Waals surface area contributed by atoms with Crippen molar-refractivity contribution < 1.29 is 5.11 Å². The van der Waals surface area contributed by atoms with Crippen molar-refractivity contribution in [3.63, 3.8) is 0 Å². The Morgan fingerprint density at radius 3 is 2.79 bits per heavy atom. The highest BCUT2D eigenvalue weighted by molar-refractivity contribution is 5.55. The molecule has 0 spiro atoms. The Labute approximate surface area is 114 Å². The summed E-state index contributed by atoms with van der Waals surface area (Å²) in [6, 6.07) is 8.68. The lowest BCUT2D eigenvalue weighted by Crippen LogP contribution is -2.26. The molecule has 1 saturated carbocycles. The van der Waals surface area contributed by atoms with Gasteiger partial charge in [0.25, 0.3) is 0 Å². The Hall–Kier alpha value is -1.73. The fourth-order valence-corrected chi connectivity index (χ4v) is 2.31. The van der Waals surface area contributed by atoms with E-state index in [1.165, 1.54) is 12.8 Å². The average Bonchev–Trinajstić information content (AvgIpc) is 3.23. The zero-order chi connectivity index (χ0) is 13.8. The molecule has 1 fully saturated rings. The number of rotatable bonds is 6. The molecule has 0 amide bonds. The highest BCUT2D eigenvalue weighted by atomic mass is 16.3. The van der Waals surface area contributed by atoms with Gasteiger partial charge in [0.2, 0.25) is 0 Å². The van der Waals surface area contributed by atoms with Crippen LogP contribution in [0.1, 0.15) is 37.8 Å². The molecule has 1 aromatic carbocycles. The van der Waals surface area contributed by atoms with Gasteiger partial charge in [0.15, 0.2) is 0 Å². The summed E-state index contributed by atoms with van der Waals surface area (Å²) in [7, 11) is 1.88. The SMILES string of the molecule is CNC(C)c1ccc(N(CCC#N)C2CC2)cc1O. The quantitative estimate of drug-likeness (QED) is 0.824. The lowest BCUT2D eigenvalue weighted by molar-refractivity contribution is 0.457. The highest BCUT2D eigenvalue weighted by Gasteiger charge is 2.29. The van der Waals surface area contributed by atoms with Crippen LogP contribution in [0.4, 0.5) is 5.69 Å². The van der Waals surface area contributed by atoms with Crippen LogP contribution in [0.25, 0.3) is 0 Å². The van der Waals surface area contributed by atoms with Crippen molar-refractivity contribution in [1.29, 1.82) is 5.26 Å². The van der Waals surface area contributed by atoms with Gasteiger partial charge in [-0.3, -0.25) is 0 Å². The van der Waals surface area contributed by atoms with E-state index in [0.29, 0.717) is 18.2 Å².